The first-order chi connectivity index (χ1) is 11.6. The number of benzene rings is 2. The van der Waals surface area contributed by atoms with Gasteiger partial charge in [0.15, 0.2) is 0 Å². The van der Waals surface area contributed by atoms with E-state index >= 15 is 0 Å². The van der Waals surface area contributed by atoms with Crippen LogP contribution in [0, 0.1) is 0 Å². The minimum absolute atomic E-state index is 0.325. The maximum Gasteiger partial charge on any atom is 0.271 e. The zero-order valence-electron chi connectivity index (χ0n) is 12.7. The molecule has 3 aromatic rings. The smallest absolute Gasteiger partial charge is 0.267 e. The third kappa shape index (κ3) is 3.64. The van der Waals surface area contributed by atoms with Crippen LogP contribution in [0.3, 0.4) is 0 Å². The summed E-state index contributed by atoms with van der Waals surface area (Å²) in [7, 11) is 0. The van der Waals surface area contributed by atoms with Crippen LogP contribution < -0.4 is 5.43 Å². The second-order valence-electron chi connectivity index (χ2n) is 4.95. The van der Waals surface area contributed by atoms with Gasteiger partial charge in [0.05, 0.1) is 11.4 Å². The van der Waals surface area contributed by atoms with Crippen LogP contribution in [0.2, 0.25) is 5.02 Å². The number of halogens is 1. The summed E-state index contributed by atoms with van der Waals surface area (Å²) < 4.78 is 1.54. The molecule has 1 aromatic heterocycles. The van der Waals surface area contributed by atoms with Crippen molar-refractivity contribution in [3.05, 3.63) is 71.0 Å². The summed E-state index contributed by atoms with van der Waals surface area (Å²) in [5.74, 6) is -0.325. The van der Waals surface area contributed by atoms with Gasteiger partial charge in [0.25, 0.3) is 5.91 Å². The van der Waals surface area contributed by atoms with Gasteiger partial charge in [-0.05, 0) is 53.2 Å². The predicted octanol–water partition coefficient (Wildman–Crippen LogP) is 2.47. The Labute approximate surface area is 143 Å². The molecule has 0 aliphatic rings. The number of rotatable bonds is 4. The molecule has 1 N–H and O–H groups in total. The molecule has 2 aromatic carbocycles. The van der Waals surface area contributed by atoms with Crippen molar-refractivity contribution < 1.29 is 4.79 Å². The first-order valence-electron chi connectivity index (χ1n) is 7.07. The number of amides is 1. The molecule has 1 amide bonds. The number of carbonyl (C=O) groups excluding carboxylic acids is 1. The van der Waals surface area contributed by atoms with Gasteiger partial charge >= 0.3 is 0 Å². The van der Waals surface area contributed by atoms with Gasteiger partial charge in [0, 0.05) is 10.6 Å². The highest BCUT2D eigenvalue weighted by atomic mass is 35.5. The van der Waals surface area contributed by atoms with Gasteiger partial charge in [0.1, 0.15) is 6.33 Å². The van der Waals surface area contributed by atoms with Crippen molar-refractivity contribution in [2.24, 2.45) is 5.10 Å². The van der Waals surface area contributed by atoms with Crippen molar-refractivity contribution in [1.82, 2.24) is 25.6 Å². The Bertz CT molecular complexity index is 891. The number of hydrazone groups is 1. The van der Waals surface area contributed by atoms with E-state index in [9.17, 15) is 4.79 Å². The number of nitrogens with zero attached hydrogens (tertiary/aromatic N) is 5. The summed E-state index contributed by atoms with van der Waals surface area (Å²) in [6, 6.07) is 14.2. The van der Waals surface area contributed by atoms with E-state index in [1.807, 2.05) is 24.3 Å². The lowest BCUT2D eigenvalue weighted by Crippen LogP contribution is -2.19. The average Bonchev–Trinajstić information content (AvgIpc) is 3.14. The molecule has 8 heteroatoms. The highest BCUT2D eigenvalue weighted by molar-refractivity contribution is 6.30. The molecule has 0 unspecified atom stereocenters. The third-order valence-electron chi connectivity index (χ3n) is 3.29. The lowest BCUT2D eigenvalue weighted by atomic mass is 10.1. The van der Waals surface area contributed by atoms with Gasteiger partial charge in [-0.3, -0.25) is 4.79 Å². The Balaban J connectivity index is 1.76. The third-order valence-corrected chi connectivity index (χ3v) is 3.52. The summed E-state index contributed by atoms with van der Waals surface area (Å²) in [5, 5.41) is 15.7. The van der Waals surface area contributed by atoms with Crippen molar-refractivity contribution in [3.8, 4) is 5.69 Å². The topological polar surface area (TPSA) is 85.1 Å². The van der Waals surface area contributed by atoms with Crippen LogP contribution >= 0.6 is 11.6 Å². The van der Waals surface area contributed by atoms with Gasteiger partial charge in [-0.25, -0.2) is 10.1 Å². The predicted molar refractivity (Wildman–Crippen MR) is 90.3 cm³/mol. The number of aromatic nitrogens is 4. The van der Waals surface area contributed by atoms with E-state index in [1.54, 1.807) is 35.9 Å². The Morgan fingerprint density at radius 1 is 1.17 bits per heavy atom. The summed E-state index contributed by atoms with van der Waals surface area (Å²) in [6.45, 7) is 1.80. The quantitative estimate of drug-likeness (QED) is 0.584. The fraction of sp³-hybridized carbons (Fsp3) is 0.0625. The Morgan fingerprint density at radius 2 is 1.96 bits per heavy atom. The molecule has 120 valence electrons. The normalized spacial score (nSPS) is 11.3. The molecule has 0 aliphatic heterocycles. The van der Waals surface area contributed by atoms with E-state index in [4.69, 9.17) is 11.6 Å². The number of hydrogen-bond acceptors (Lipinski definition) is 5. The Hall–Kier alpha value is -3.06. The van der Waals surface area contributed by atoms with E-state index in [2.05, 4.69) is 26.1 Å². The molecule has 0 saturated heterocycles. The standard InChI is InChI=1S/C16H13ClN6O/c1-11(19-20-16(24)13-5-2-6-14(17)8-13)12-4-3-7-15(9-12)23-10-18-21-22-23/h2-10H,1H3,(H,20,24). The Morgan fingerprint density at radius 3 is 2.71 bits per heavy atom. The van der Waals surface area contributed by atoms with Gasteiger partial charge in [-0.15, -0.1) is 5.10 Å². The maximum atomic E-state index is 12.1. The lowest BCUT2D eigenvalue weighted by molar-refractivity contribution is 0.0955. The molecular formula is C16H13ClN6O. The fourth-order valence-corrected chi connectivity index (χ4v) is 2.24. The summed E-state index contributed by atoms with van der Waals surface area (Å²) >= 11 is 5.88. The number of carbonyl (C=O) groups is 1. The molecule has 0 bridgehead atoms. The van der Waals surface area contributed by atoms with Crippen LogP contribution in [-0.2, 0) is 0 Å². The molecule has 1 heterocycles. The van der Waals surface area contributed by atoms with Crippen molar-refractivity contribution in [1.29, 1.82) is 0 Å². The van der Waals surface area contributed by atoms with Gasteiger partial charge in [0.2, 0.25) is 0 Å². The van der Waals surface area contributed by atoms with Gasteiger partial charge in [-0.2, -0.15) is 5.10 Å². The summed E-state index contributed by atoms with van der Waals surface area (Å²) in [5.41, 5.74) is 5.26. The maximum absolute atomic E-state index is 12.1. The van der Waals surface area contributed by atoms with E-state index < -0.39 is 0 Å². The van der Waals surface area contributed by atoms with Crippen LogP contribution in [0.5, 0.6) is 0 Å². The number of tetrazole rings is 1. The average molecular weight is 341 g/mol. The summed E-state index contributed by atoms with van der Waals surface area (Å²) in [6.07, 6.45) is 1.51. The molecule has 3 rings (SSSR count). The van der Waals surface area contributed by atoms with Gasteiger partial charge in [-0.1, -0.05) is 29.8 Å². The van der Waals surface area contributed by atoms with E-state index in [-0.39, 0.29) is 5.91 Å². The first-order valence-corrected chi connectivity index (χ1v) is 7.45. The monoisotopic (exact) mass is 340 g/mol. The van der Waals surface area contributed by atoms with E-state index in [0.717, 1.165) is 11.3 Å². The minimum atomic E-state index is -0.325. The van der Waals surface area contributed by atoms with Crippen LogP contribution in [0.15, 0.2) is 60.0 Å². The molecule has 0 fully saturated rings. The molecule has 7 nitrogen and oxygen atoms in total. The molecule has 24 heavy (non-hydrogen) atoms. The van der Waals surface area contributed by atoms with E-state index in [0.29, 0.717) is 16.3 Å². The second kappa shape index (κ2) is 7.01. The molecule has 0 aliphatic carbocycles. The zero-order chi connectivity index (χ0) is 16.9. The SMILES string of the molecule is CC(=NNC(=O)c1cccc(Cl)c1)c1cccc(-n2cnnn2)c1. The van der Waals surface area contributed by atoms with Crippen molar-refractivity contribution in [2.75, 3.05) is 0 Å². The minimum Gasteiger partial charge on any atom is -0.267 e. The van der Waals surface area contributed by atoms with Crippen LogP contribution in [0.25, 0.3) is 5.69 Å². The molecule has 0 spiro atoms. The Kier molecular flexibility index (Phi) is 4.62. The van der Waals surface area contributed by atoms with Crippen LogP contribution in [0.1, 0.15) is 22.8 Å². The van der Waals surface area contributed by atoms with E-state index in [1.165, 1.54) is 6.33 Å². The second-order valence-corrected chi connectivity index (χ2v) is 5.39. The molecule has 0 radical (unpaired) electrons. The first kappa shape index (κ1) is 15.8. The number of nitrogens with one attached hydrogen (secondary N) is 1. The lowest BCUT2D eigenvalue weighted by Gasteiger charge is -2.05. The summed E-state index contributed by atoms with van der Waals surface area (Å²) in [4.78, 5) is 12.1. The van der Waals surface area contributed by atoms with Crippen molar-refractivity contribution in [2.45, 2.75) is 6.92 Å². The zero-order valence-corrected chi connectivity index (χ0v) is 13.5. The van der Waals surface area contributed by atoms with Crippen LogP contribution in [0.4, 0.5) is 0 Å². The molecular weight excluding hydrogens is 328 g/mol. The highest BCUT2D eigenvalue weighted by Gasteiger charge is 2.06. The number of hydrogen-bond donors (Lipinski definition) is 1. The van der Waals surface area contributed by atoms with Crippen molar-refractivity contribution in [3.63, 3.8) is 0 Å². The largest absolute Gasteiger partial charge is 0.271 e. The highest BCUT2D eigenvalue weighted by Crippen LogP contribution is 2.11. The van der Waals surface area contributed by atoms with Crippen molar-refractivity contribution >= 4 is 23.2 Å². The molecule has 0 saturated carbocycles. The van der Waals surface area contributed by atoms with Crippen LogP contribution in [-0.4, -0.2) is 31.8 Å². The van der Waals surface area contributed by atoms with Gasteiger partial charge < -0.3 is 0 Å². The molecule has 0 atom stereocenters. The fourth-order valence-electron chi connectivity index (χ4n) is 2.05.